The van der Waals surface area contributed by atoms with Crippen LogP contribution >= 0.6 is 0 Å². The molecule has 0 unspecified atom stereocenters. The first-order valence-electron chi connectivity index (χ1n) is 8.86. The summed E-state index contributed by atoms with van der Waals surface area (Å²) in [6.45, 7) is 2.12. The van der Waals surface area contributed by atoms with E-state index in [1.807, 2.05) is 0 Å². The summed E-state index contributed by atoms with van der Waals surface area (Å²) in [5.41, 5.74) is 0.343. The molecule has 0 saturated heterocycles. The maximum atomic E-state index is 12.5. The second kappa shape index (κ2) is 8.47. The molecule has 0 aliphatic carbocycles. The standard InChI is InChI=1S/C21H17NO7/c1-2-28-17-10-6-4-8-13(17)22-20(26)15(24)11-14(23)18-19(25)12-7-3-5-9-16(12)29-21(18)27/h3-10,18H,2,11H2,1H3,(H,22,26)/t18-/m0/s1. The van der Waals surface area contributed by atoms with Crippen molar-refractivity contribution in [3.8, 4) is 11.5 Å². The molecule has 1 amide bonds. The van der Waals surface area contributed by atoms with Gasteiger partial charge in [-0.05, 0) is 31.2 Å². The SMILES string of the molecule is CCOc1ccccc1NC(=O)C(=O)CC(=O)[C@@H]1C(=O)Oc2ccccc2C1=O. The Kier molecular flexibility index (Phi) is 5.82. The predicted molar refractivity (Wildman–Crippen MR) is 101 cm³/mol. The summed E-state index contributed by atoms with van der Waals surface area (Å²) in [6.07, 6.45) is -0.906. The van der Waals surface area contributed by atoms with Gasteiger partial charge in [-0.1, -0.05) is 24.3 Å². The first-order chi connectivity index (χ1) is 13.9. The number of fused-ring (bicyclic) bond motifs is 1. The van der Waals surface area contributed by atoms with E-state index in [2.05, 4.69) is 5.32 Å². The Labute approximate surface area is 165 Å². The van der Waals surface area contributed by atoms with Crippen LogP contribution in [0.3, 0.4) is 0 Å². The van der Waals surface area contributed by atoms with E-state index in [9.17, 15) is 24.0 Å². The van der Waals surface area contributed by atoms with Crippen LogP contribution in [0.25, 0.3) is 0 Å². The van der Waals surface area contributed by atoms with Gasteiger partial charge in [0.1, 0.15) is 11.5 Å². The van der Waals surface area contributed by atoms with E-state index in [4.69, 9.17) is 9.47 Å². The molecule has 3 rings (SSSR count). The Hall–Kier alpha value is -3.81. The van der Waals surface area contributed by atoms with Crippen molar-refractivity contribution in [2.45, 2.75) is 13.3 Å². The van der Waals surface area contributed by atoms with Gasteiger partial charge in [0.15, 0.2) is 17.5 Å². The first-order valence-corrected chi connectivity index (χ1v) is 8.86. The number of carbonyl (C=O) groups is 5. The number of anilines is 1. The third kappa shape index (κ3) is 4.21. The average Bonchev–Trinajstić information content (AvgIpc) is 2.69. The highest BCUT2D eigenvalue weighted by atomic mass is 16.5. The van der Waals surface area contributed by atoms with Crippen LogP contribution in [0.4, 0.5) is 5.69 Å². The van der Waals surface area contributed by atoms with Gasteiger partial charge in [-0.25, -0.2) is 0 Å². The van der Waals surface area contributed by atoms with Crippen molar-refractivity contribution >= 4 is 34.9 Å². The number of nitrogens with one attached hydrogen (secondary N) is 1. The van der Waals surface area contributed by atoms with Gasteiger partial charge in [0, 0.05) is 0 Å². The molecule has 1 heterocycles. The molecule has 2 aromatic rings. The first kappa shape index (κ1) is 19.9. The van der Waals surface area contributed by atoms with Gasteiger partial charge in [-0.3, -0.25) is 24.0 Å². The summed E-state index contributed by atoms with van der Waals surface area (Å²) in [6, 6.07) is 12.5. The third-order valence-corrected chi connectivity index (χ3v) is 4.21. The molecule has 8 heteroatoms. The number of esters is 1. The zero-order valence-electron chi connectivity index (χ0n) is 15.5. The number of carbonyl (C=O) groups excluding carboxylic acids is 5. The smallest absolute Gasteiger partial charge is 0.329 e. The molecule has 0 spiro atoms. The monoisotopic (exact) mass is 395 g/mol. The number of hydrogen-bond acceptors (Lipinski definition) is 7. The average molecular weight is 395 g/mol. The zero-order valence-corrected chi connectivity index (χ0v) is 15.5. The molecule has 0 saturated carbocycles. The Bertz CT molecular complexity index is 1010. The molecule has 8 nitrogen and oxygen atoms in total. The van der Waals surface area contributed by atoms with E-state index < -0.39 is 41.6 Å². The number of amides is 1. The molecule has 0 bridgehead atoms. The van der Waals surface area contributed by atoms with Crippen molar-refractivity contribution < 1.29 is 33.4 Å². The number of ketones is 3. The van der Waals surface area contributed by atoms with Crippen LogP contribution in [0.15, 0.2) is 48.5 Å². The highest BCUT2D eigenvalue weighted by Crippen LogP contribution is 2.29. The summed E-state index contributed by atoms with van der Waals surface area (Å²) < 4.78 is 10.4. The summed E-state index contributed by atoms with van der Waals surface area (Å²) >= 11 is 0. The Morgan fingerprint density at radius 1 is 1.03 bits per heavy atom. The van der Waals surface area contributed by atoms with Crippen molar-refractivity contribution in [1.82, 2.24) is 0 Å². The van der Waals surface area contributed by atoms with E-state index in [1.165, 1.54) is 18.2 Å². The Balaban J connectivity index is 1.69. The highest BCUT2D eigenvalue weighted by molar-refractivity contribution is 6.44. The van der Waals surface area contributed by atoms with Crippen molar-refractivity contribution in [3.63, 3.8) is 0 Å². The molecule has 29 heavy (non-hydrogen) atoms. The van der Waals surface area contributed by atoms with Crippen LogP contribution < -0.4 is 14.8 Å². The van der Waals surface area contributed by atoms with E-state index in [0.29, 0.717) is 12.4 Å². The number of ether oxygens (including phenoxy) is 2. The van der Waals surface area contributed by atoms with Gasteiger partial charge in [0.2, 0.25) is 5.78 Å². The van der Waals surface area contributed by atoms with Gasteiger partial charge in [-0.2, -0.15) is 0 Å². The van der Waals surface area contributed by atoms with Crippen LogP contribution in [0.5, 0.6) is 11.5 Å². The minimum absolute atomic E-state index is 0.0585. The minimum Gasteiger partial charge on any atom is -0.492 e. The van der Waals surface area contributed by atoms with E-state index in [1.54, 1.807) is 37.3 Å². The summed E-state index contributed by atoms with van der Waals surface area (Å²) in [7, 11) is 0. The van der Waals surface area contributed by atoms with Crippen molar-refractivity contribution in [1.29, 1.82) is 0 Å². The minimum atomic E-state index is -1.77. The molecule has 1 atom stereocenters. The quantitative estimate of drug-likeness (QED) is 0.330. The van der Waals surface area contributed by atoms with Crippen LogP contribution in [0, 0.1) is 5.92 Å². The lowest BCUT2D eigenvalue weighted by molar-refractivity contribution is -0.144. The van der Waals surface area contributed by atoms with Crippen molar-refractivity contribution in [2.24, 2.45) is 5.92 Å². The lowest BCUT2D eigenvalue weighted by atomic mass is 9.89. The molecule has 0 radical (unpaired) electrons. The fraction of sp³-hybridized carbons (Fsp3) is 0.190. The van der Waals surface area contributed by atoms with Crippen LogP contribution in [-0.2, 0) is 19.2 Å². The van der Waals surface area contributed by atoms with Crippen LogP contribution in [0.2, 0.25) is 0 Å². The number of hydrogen-bond donors (Lipinski definition) is 1. The number of para-hydroxylation sites is 3. The molecule has 1 aliphatic heterocycles. The van der Waals surface area contributed by atoms with Gasteiger partial charge in [-0.15, -0.1) is 0 Å². The van der Waals surface area contributed by atoms with Crippen LogP contribution in [0.1, 0.15) is 23.7 Å². The van der Waals surface area contributed by atoms with Crippen molar-refractivity contribution in [3.05, 3.63) is 54.1 Å². The van der Waals surface area contributed by atoms with Gasteiger partial charge < -0.3 is 14.8 Å². The molecule has 0 aromatic heterocycles. The van der Waals surface area contributed by atoms with Crippen LogP contribution in [-0.4, -0.2) is 35.8 Å². The normalized spacial score (nSPS) is 15.1. The molecular weight excluding hydrogens is 378 g/mol. The zero-order chi connectivity index (χ0) is 21.0. The molecule has 0 fully saturated rings. The molecular formula is C21H17NO7. The lowest BCUT2D eigenvalue weighted by Gasteiger charge is -2.20. The predicted octanol–water partition coefficient (Wildman–Crippen LogP) is 1.97. The molecule has 1 aliphatic rings. The second-order valence-electron chi connectivity index (χ2n) is 6.16. The van der Waals surface area contributed by atoms with Gasteiger partial charge >= 0.3 is 5.97 Å². The summed E-state index contributed by atoms with van der Waals surface area (Å²) in [5, 5.41) is 2.37. The lowest BCUT2D eigenvalue weighted by Crippen LogP contribution is -2.40. The molecule has 2 aromatic carbocycles. The van der Waals surface area contributed by atoms with E-state index in [0.717, 1.165) is 0 Å². The van der Waals surface area contributed by atoms with Crippen molar-refractivity contribution in [2.75, 3.05) is 11.9 Å². The van der Waals surface area contributed by atoms with Gasteiger partial charge in [0.25, 0.3) is 5.91 Å². The van der Waals surface area contributed by atoms with Gasteiger partial charge in [0.05, 0.1) is 24.3 Å². The fourth-order valence-electron chi connectivity index (χ4n) is 2.85. The Morgan fingerprint density at radius 2 is 1.72 bits per heavy atom. The second-order valence-corrected chi connectivity index (χ2v) is 6.16. The number of benzene rings is 2. The summed E-state index contributed by atoms with van der Waals surface area (Å²) in [4.78, 5) is 61.3. The molecule has 1 N–H and O–H groups in total. The highest BCUT2D eigenvalue weighted by Gasteiger charge is 2.42. The fourth-order valence-corrected chi connectivity index (χ4v) is 2.85. The maximum absolute atomic E-state index is 12.5. The number of Topliss-reactive ketones (excluding diaryl/α,β-unsaturated/α-hetero) is 3. The van der Waals surface area contributed by atoms with E-state index in [-0.39, 0.29) is 17.0 Å². The maximum Gasteiger partial charge on any atom is 0.329 e. The number of rotatable bonds is 7. The largest absolute Gasteiger partial charge is 0.492 e. The third-order valence-electron chi connectivity index (χ3n) is 4.21. The topological polar surface area (TPSA) is 116 Å². The molecule has 148 valence electrons. The summed E-state index contributed by atoms with van der Waals surface area (Å²) in [5.74, 6) is -6.29. The Morgan fingerprint density at radius 3 is 2.48 bits per heavy atom. The van der Waals surface area contributed by atoms with E-state index >= 15 is 0 Å².